The van der Waals surface area contributed by atoms with Crippen LogP contribution in [0.5, 0.6) is 0 Å². The van der Waals surface area contributed by atoms with Crippen molar-refractivity contribution in [3.63, 3.8) is 0 Å². The molecule has 42 heavy (non-hydrogen) atoms. The highest BCUT2D eigenvalue weighted by atomic mass is 19.1. The number of nitrogens with one attached hydrogen (secondary N) is 1. The van der Waals surface area contributed by atoms with Crippen LogP contribution in [0.4, 0.5) is 8.78 Å². The van der Waals surface area contributed by atoms with Gasteiger partial charge in [0.25, 0.3) is 5.91 Å². The first-order valence-corrected chi connectivity index (χ1v) is 13.3. The fourth-order valence-electron chi connectivity index (χ4n) is 5.13. The van der Waals surface area contributed by atoms with E-state index in [1.807, 2.05) is 30.3 Å². The first-order chi connectivity index (χ1) is 20.3. The van der Waals surface area contributed by atoms with E-state index in [2.05, 4.69) is 10.3 Å². The number of hydrogen-bond donors (Lipinski definition) is 2. The third kappa shape index (κ3) is 5.22. The number of carbonyl (C=O) groups excluding carboxylic acids is 1. The highest BCUT2D eigenvalue weighted by Gasteiger charge is 2.20. The molecule has 0 aliphatic carbocycles. The van der Waals surface area contributed by atoms with Gasteiger partial charge in [-0.3, -0.25) is 9.20 Å². The Hall–Kier alpha value is -5.37. The molecule has 1 atom stereocenters. The van der Waals surface area contributed by atoms with E-state index in [-0.39, 0.29) is 29.3 Å². The molecule has 0 unspecified atom stereocenters. The Morgan fingerprint density at radius 3 is 2.26 bits per heavy atom. The van der Waals surface area contributed by atoms with Crippen LogP contribution in [-0.2, 0) is 6.42 Å². The lowest BCUT2D eigenvalue weighted by molar-refractivity contribution is 0.0696. The zero-order valence-corrected chi connectivity index (χ0v) is 22.5. The molecule has 0 aliphatic rings. The van der Waals surface area contributed by atoms with Gasteiger partial charge in [0.2, 0.25) is 0 Å². The molecule has 0 aliphatic heterocycles. The lowest BCUT2D eigenvalue weighted by Crippen LogP contribution is -2.28. The maximum atomic E-state index is 15.1. The quantitative estimate of drug-likeness (QED) is 0.216. The van der Waals surface area contributed by atoms with Gasteiger partial charge in [0.1, 0.15) is 23.2 Å². The smallest absolute Gasteiger partial charge is 0.335 e. The van der Waals surface area contributed by atoms with Gasteiger partial charge >= 0.3 is 5.97 Å². The van der Waals surface area contributed by atoms with E-state index in [9.17, 15) is 19.1 Å². The van der Waals surface area contributed by atoms with Crippen LogP contribution in [0.2, 0.25) is 0 Å². The molecular formula is C34H25F2N3O3. The third-order valence-corrected chi connectivity index (χ3v) is 7.38. The molecule has 2 aromatic heterocycles. The number of carboxylic acid groups (broad SMARTS) is 1. The van der Waals surface area contributed by atoms with Crippen molar-refractivity contribution >= 4 is 28.2 Å². The Morgan fingerprint density at radius 2 is 1.57 bits per heavy atom. The Labute approximate surface area is 239 Å². The summed E-state index contributed by atoms with van der Waals surface area (Å²) in [4.78, 5) is 29.6. The molecule has 2 heterocycles. The standard InChI is InChI=1S/C34H25F2N3O3/c1-20(21-6-8-23(9-7-21)34(41)42)38-33(40)31-17-26(22-10-12-28(35)13-11-22)15-29-19-37-32(39(29)31)18-27-14-24-4-2-3-5-25(24)16-30(27)36/h2-17,19-20H,18H2,1H3,(H,38,40)(H,41,42)/t20-/m0/s1. The molecule has 0 saturated heterocycles. The van der Waals surface area contributed by atoms with E-state index < -0.39 is 17.9 Å². The van der Waals surface area contributed by atoms with Gasteiger partial charge in [-0.1, -0.05) is 48.5 Å². The Balaban J connectivity index is 1.41. The summed E-state index contributed by atoms with van der Waals surface area (Å²) in [5, 5.41) is 13.9. The van der Waals surface area contributed by atoms with Crippen LogP contribution in [0.15, 0.2) is 103 Å². The number of rotatable bonds is 7. The number of halogens is 2. The predicted octanol–water partition coefficient (Wildman–Crippen LogP) is 7.21. The topological polar surface area (TPSA) is 83.7 Å². The summed E-state index contributed by atoms with van der Waals surface area (Å²) in [7, 11) is 0. The number of aromatic nitrogens is 2. The van der Waals surface area contributed by atoms with Gasteiger partial charge < -0.3 is 10.4 Å². The highest BCUT2D eigenvalue weighted by Crippen LogP contribution is 2.27. The minimum Gasteiger partial charge on any atom is -0.478 e. The summed E-state index contributed by atoms with van der Waals surface area (Å²) >= 11 is 0. The number of nitrogens with zero attached hydrogens (tertiary/aromatic N) is 2. The van der Waals surface area contributed by atoms with Gasteiger partial charge in [0.15, 0.2) is 0 Å². The van der Waals surface area contributed by atoms with Crippen LogP contribution in [0.25, 0.3) is 27.4 Å². The molecule has 6 aromatic rings. The summed E-state index contributed by atoms with van der Waals surface area (Å²) in [5.41, 5.74) is 3.62. The van der Waals surface area contributed by atoms with Crippen molar-refractivity contribution < 1.29 is 23.5 Å². The average Bonchev–Trinajstić information content (AvgIpc) is 3.40. The number of hydrogen-bond acceptors (Lipinski definition) is 3. The van der Waals surface area contributed by atoms with Crippen molar-refractivity contribution in [1.29, 1.82) is 0 Å². The molecule has 208 valence electrons. The number of pyridine rings is 1. The molecule has 0 fully saturated rings. The number of benzene rings is 4. The van der Waals surface area contributed by atoms with Gasteiger partial charge in [0, 0.05) is 6.42 Å². The molecule has 1 amide bonds. The predicted molar refractivity (Wildman–Crippen MR) is 157 cm³/mol. The molecule has 6 nitrogen and oxygen atoms in total. The second-order valence-corrected chi connectivity index (χ2v) is 10.2. The number of carboxylic acids is 1. The van der Waals surface area contributed by atoms with Crippen LogP contribution < -0.4 is 5.32 Å². The van der Waals surface area contributed by atoms with Crippen LogP contribution in [-0.4, -0.2) is 26.4 Å². The maximum Gasteiger partial charge on any atom is 0.335 e. The number of carbonyl (C=O) groups is 2. The minimum absolute atomic E-state index is 0.146. The summed E-state index contributed by atoms with van der Waals surface area (Å²) < 4.78 is 30.5. The maximum absolute atomic E-state index is 15.1. The zero-order valence-electron chi connectivity index (χ0n) is 22.5. The summed E-state index contributed by atoms with van der Waals surface area (Å²) in [5.74, 6) is -1.69. The molecule has 6 rings (SSSR count). The van der Waals surface area contributed by atoms with Crippen LogP contribution in [0.3, 0.4) is 0 Å². The van der Waals surface area contributed by atoms with E-state index in [0.29, 0.717) is 28.0 Å². The van der Waals surface area contributed by atoms with Crippen molar-refractivity contribution in [2.24, 2.45) is 0 Å². The van der Waals surface area contributed by atoms with E-state index in [4.69, 9.17) is 0 Å². The number of amides is 1. The molecule has 2 N–H and O–H groups in total. The van der Waals surface area contributed by atoms with Crippen molar-refractivity contribution in [3.05, 3.63) is 143 Å². The fraction of sp³-hybridized carbons (Fsp3) is 0.0882. The summed E-state index contributed by atoms with van der Waals surface area (Å²) in [6.45, 7) is 1.80. The minimum atomic E-state index is -1.03. The van der Waals surface area contributed by atoms with Gasteiger partial charge in [-0.2, -0.15) is 0 Å². The van der Waals surface area contributed by atoms with Crippen LogP contribution in [0, 0.1) is 11.6 Å². The Kier molecular flexibility index (Phi) is 6.96. The second-order valence-electron chi connectivity index (χ2n) is 10.2. The third-order valence-electron chi connectivity index (χ3n) is 7.38. The van der Waals surface area contributed by atoms with Gasteiger partial charge in [-0.25, -0.2) is 18.6 Å². The average molecular weight is 562 g/mol. The van der Waals surface area contributed by atoms with Crippen molar-refractivity contribution in [2.45, 2.75) is 19.4 Å². The highest BCUT2D eigenvalue weighted by molar-refractivity contribution is 5.95. The van der Waals surface area contributed by atoms with Gasteiger partial charge in [0.05, 0.1) is 23.3 Å². The van der Waals surface area contributed by atoms with E-state index in [1.54, 1.807) is 53.9 Å². The molecule has 0 bridgehead atoms. The van der Waals surface area contributed by atoms with Crippen molar-refractivity contribution in [3.8, 4) is 11.1 Å². The van der Waals surface area contributed by atoms with E-state index in [0.717, 1.165) is 16.3 Å². The largest absolute Gasteiger partial charge is 0.478 e. The van der Waals surface area contributed by atoms with E-state index in [1.165, 1.54) is 30.3 Å². The van der Waals surface area contributed by atoms with Crippen molar-refractivity contribution in [1.82, 2.24) is 14.7 Å². The zero-order chi connectivity index (χ0) is 29.4. The monoisotopic (exact) mass is 561 g/mol. The van der Waals surface area contributed by atoms with E-state index >= 15 is 4.39 Å². The lowest BCUT2D eigenvalue weighted by atomic mass is 10.0. The van der Waals surface area contributed by atoms with Gasteiger partial charge in [-0.05, 0) is 88.5 Å². The Morgan fingerprint density at radius 1 is 0.881 bits per heavy atom. The second kappa shape index (κ2) is 10.9. The number of imidazole rings is 1. The summed E-state index contributed by atoms with van der Waals surface area (Å²) in [6.07, 6.45) is 1.78. The lowest BCUT2D eigenvalue weighted by Gasteiger charge is -2.17. The fourth-order valence-corrected chi connectivity index (χ4v) is 5.13. The first-order valence-electron chi connectivity index (χ1n) is 13.3. The molecule has 4 aromatic carbocycles. The molecular weight excluding hydrogens is 536 g/mol. The number of fused-ring (bicyclic) bond motifs is 2. The molecule has 0 spiro atoms. The normalized spacial score (nSPS) is 12.0. The van der Waals surface area contributed by atoms with Crippen molar-refractivity contribution in [2.75, 3.05) is 0 Å². The van der Waals surface area contributed by atoms with Crippen LogP contribution >= 0.6 is 0 Å². The molecule has 0 saturated carbocycles. The molecule has 8 heteroatoms. The molecule has 0 radical (unpaired) electrons. The number of aromatic carboxylic acids is 1. The SMILES string of the molecule is C[C@H](NC(=O)c1cc(-c2ccc(F)cc2)cc2cnc(Cc3cc4ccccc4cc3F)n12)c1ccc(C(=O)O)cc1. The first kappa shape index (κ1) is 26.8. The van der Waals surface area contributed by atoms with Crippen LogP contribution in [0.1, 0.15) is 50.8 Å². The summed E-state index contributed by atoms with van der Waals surface area (Å²) in [6, 6.07) is 26.2. The Bertz CT molecular complexity index is 1970. The van der Waals surface area contributed by atoms with Gasteiger partial charge in [-0.15, -0.1) is 0 Å².